The lowest BCUT2D eigenvalue weighted by Gasteiger charge is -2.12. The van der Waals surface area contributed by atoms with Gasteiger partial charge in [0.15, 0.2) is 0 Å². The highest BCUT2D eigenvalue weighted by molar-refractivity contribution is 5.86. The summed E-state index contributed by atoms with van der Waals surface area (Å²) in [6.07, 6.45) is 5.90. The second kappa shape index (κ2) is 9.87. The molecule has 2 heterocycles. The number of nitrogens with zero attached hydrogens (tertiary/aromatic N) is 2. The van der Waals surface area contributed by atoms with Crippen molar-refractivity contribution in [1.82, 2.24) is 9.13 Å². The molecule has 0 aliphatic heterocycles. The van der Waals surface area contributed by atoms with Gasteiger partial charge in [-0.1, -0.05) is 48.2 Å². The number of aliphatic hydroxyl groups is 2. The molecule has 0 unspecified atom stereocenters. The van der Waals surface area contributed by atoms with Crippen LogP contribution in [0.2, 0.25) is 0 Å². The van der Waals surface area contributed by atoms with E-state index in [9.17, 15) is 23.4 Å². The molecule has 0 aliphatic carbocycles. The zero-order valence-electron chi connectivity index (χ0n) is 18.0. The van der Waals surface area contributed by atoms with Crippen LogP contribution < -0.4 is 0 Å². The van der Waals surface area contributed by atoms with Crippen LogP contribution in [0.4, 0.5) is 13.2 Å². The second-order valence-corrected chi connectivity index (χ2v) is 7.32. The molecule has 0 aliphatic rings. The first kappa shape index (κ1) is 24.0. The average molecular weight is 452 g/mol. The Balaban J connectivity index is 0.000000189. The number of hydrogen-bond acceptors (Lipinski definition) is 2. The molecule has 4 nitrogen and oxygen atoms in total. The van der Waals surface area contributed by atoms with Gasteiger partial charge in [0.2, 0.25) is 0 Å². The SMILES string of the molecule is C#CCn1c(C(F)(F)F)c(CO)c2ccccc21.C#CCn1c(C)c(CO)c2ccccc21. The summed E-state index contributed by atoms with van der Waals surface area (Å²) in [6.45, 7) is 1.74. The zero-order valence-corrected chi connectivity index (χ0v) is 18.0. The first-order chi connectivity index (χ1) is 15.8. The van der Waals surface area contributed by atoms with Gasteiger partial charge in [0.25, 0.3) is 0 Å². The zero-order chi connectivity index (χ0) is 24.2. The summed E-state index contributed by atoms with van der Waals surface area (Å²) in [5.74, 6) is 4.84. The van der Waals surface area contributed by atoms with Crippen LogP contribution in [0.1, 0.15) is 22.5 Å². The Kier molecular flexibility index (Phi) is 7.18. The van der Waals surface area contributed by atoms with Crippen molar-refractivity contribution in [1.29, 1.82) is 0 Å². The van der Waals surface area contributed by atoms with E-state index in [1.54, 1.807) is 24.3 Å². The van der Waals surface area contributed by atoms with Gasteiger partial charge in [-0.25, -0.2) is 0 Å². The molecule has 0 fully saturated rings. The van der Waals surface area contributed by atoms with Crippen molar-refractivity contribution < 1.29 is 23.4 Å². The molecular formula is C26H23F3N2O2. The van der Waals surface area contributed by atoms with Crippen molar-refractivity contribution in [3.8, 4) is 24.7 Å². The lowest BCUT2D eigenvalue weighted by molar-refractivity contribution is -0.144. The summed E-state index contributed by atoms with van der Waals surface area (Å²) in [7, 11) is 0. The van der Waals surface area contributed by atoms with Crippen LogP contribution in [0.25, 0.3) is 21.8 Å². The molecular weight excluding hydrogens is 429 g/mol. The molecule has 2 N–H and O–H groups in total. The molecule has 2 aromatic heterocycles. The molecule has 0 saturated heterocycles. The van der Waals surface area contributed by atoms with Gasteiger partial charge >= 0.3 is 6.18 Å². The van der Waals surface area contributed by atoms with Crippen molar-refractivity contribution in [3.05, 3.63) is 71.0 Å². The van der Waals surface area contributed by atoms with E-state index in [1.165, 1.54) is 0 Å². The number of halogens is 3. The summed E-state index contributed by atoms with van der Waals surface area (Å²) in [5, 5.41) is 20.0. The fraction of sp³-hybridized carbons (Fsp3) is 0.231. The van der Waals surface area contributed by atoms with E-state index in [0.717, 1.165) is 26.7 Å². The average Bonchev–Trinajstić information content (AvgIpc) is 3.26. The Morgan fingerprint density at radius 1 is 0.788 bits per heavy atom. The number of fused-ring (bicyclic) bond motifs is 2. The third-order valence-electron chi connectivity index (χ3n) is 5.52. The smallest absolute Gasteiger partial charge is 0.392 e. The van der Waals surface area contributed by atoms with Crippen LogP contribution in [-0.4, -0.2) is 19.3 Å². The molecule has 33 heavy (non-hydrogen) atoms. The molecule has 0 bridgehead atoms. The first-order valence-electron chi connectivity index (χ1n) is 10.1. The van der Waals surface area contributed by atoms with Crippen molar-refractivity contribution in [2.45, 2.75) is 39.4 Å². The van der Waals surface area contributed by atoms with Crippen LogP contribution in [0.5, 0.6) is 0 Å². The molecule has 0 radical (unpaired) electrons. The lowest BCUT2D eigenvalue weighted by atomic mass is 10.1. The van der Waals surface area contributed by atoms with E-state index in [2.05, 4.69) is 16.4 Å². The molecule has 4 aromatic rings. The van der Waals surface area contributed by atoms with Gasteiger partial charge in [0, 0.05) is 38.6 Å². The number of benzene rings is 2. The van der Waals surface area contributed by atoms with Crippen LogP contribution in [0.15, 0.2) is 48.5 Å². The fourth-order valence-electron chi connectivity index (χ4n) is 4.11. The number of para-hydroxylation sites is 2. The monoisotopic (exact) mass is 452 g/mol. The van der Waals surface area contributed by atoms with Crippen LogP contribution in [-0.2, 0) is 32.5 Å². The quantitative estimate of drug-likeness (QED) is 0.435. The third-order valence-corrected chi connectivity index (χ3v) is 5.52. The summed E-state index contributed by atoms with van der Waals surface area (Å²) in [6, 6.07) is 14.4. The second-order valence-electron chi connectivity index (χ2n) is 7.32. The minimum atomic E-state index is -4.55. The molecule has 0 atom stereocenters. The maximum atomic E-state index is 13.1. The Hall–Kier alpha value is -3.65. The predicted molar refractivity (Wildman–Crippen MR) is 123 cm³/mol. The molecule has 0 amide bonds. The number of terminal acetylenes is 2. The van der Waals surface area contributed by atoms with Crippen LogP contribution in [0.3, 0.4) is 0 Å². The Bertz CT molecular complexity index is 1360. The topological polar surface area (TPSA) is 50.3 Å². The van der Waals surface area contributed by atoms with E-state index < -0.39 is 18.5 Å². The lowest BCUT2D eigenvalue weighted by Crippen LogP contribution is -2.15. The predicted octanol–water partition coefficient (Wildman–Crippen LogP) is 4.86. The summed E-state index contributed by atoms with van der Waals surface area (Å²) in [5.41, 5.74) is 2.50. The summed E-state index contributed by atoms with van der Waals surface area (Å²) >= 11 is 0. The highest BCUT2D eigenvalue weighted by atomic mass is 19.4. The third kappa shape index (κ3) is 4.47. The number of hydrogen-bond donors (Lipinski definition) is 2. The van der Waals surface area contributed by atoms with Crippen molar-refractivity contribution in [3.63, 3.8) is 0 Å². The largest absolute Gasteiger partial charge is 0.431 e. The normalized spacial score (nSPS) is 11.2. The van der Waals surface area contributed by atoms with Crippen LogP contribution >= 0.6 is 0 Å². The highest BCUT2D eigenvalue weighted by Gasteiger charge is 2.38. The maximum Gasteiger partial charge on any atom is 0.431 e. The van der Waals surface area contributed by atoms with Crippen molar-refractivity contribution in [2.24, 2.45) is 0 Å². The van der Waals surface area contributed by atoms with Gasteiger partial charge < -0.3 is 19.3 Å². The Morgan fingerprint density at radius 3 is 1.73 bits per heavy atom. The summed E-state index contributed by atoms with van der Waals surface area (Å²) < 4.78 is 42.2. The Morgan fingerprint density at radius 2 is 1.24 bits per heavy atom. The number of rotatable bonds is 4. The minimum absolute atomic E-state index is 0.0594. The van der Waals surface area contributed by atoms with Gasteiger partial charge in [-0.2, -0.15) is 13.2 Å². The van der Waals surface area contributed by atoms with Gasteiger partial charge in [0.05, 0.1) is 26.3 Å². The van der Waals surface area contributed by atoms with Crippen molar-refractivity contribution in [2.75, 3.05) is 0 Å². The summed E-state index contributed by atoms with van der Waals surface area (Å²) in [4.78, 5) is 0. The standard InChI is InChI=1S/C13H10F3NO.C13H13NO/c1-2-7-17-11-6-4-3-5-9(11)10(8-18)12(17)13(14,15)16;1-3-8-14-10(2)12(9-15)11-6-4-5-7-13(11)14/h1,3-6,18H,7-8H2;1,4-7,15H,8-9H2,2H3. The van der Waals surface area contributed by atoms with Crippen molar-refractivity contribution >= 4 is 21.8 Å². The maximum absolute atomic E-state index is 13.1. The molecule has 4 rings (SSSR count). The minimum Gasteiger partial charge on any atom is -0.392 e. The van der Waals surface area contributed by atoms with E-state index in [1.807, 2.05) is 31.2 Å². The highest BCUT2D eigenvalue weighted by Crippen LogP contribution is 2.38. The number of aliphatic hydroxyl groups excluding tert-OH is 2. The van der Waals surface area contributed by atoms with E-state index in [4.69, 9.17) is 12.8 Å². The number of alkyl halides is 3. The Labute approximate surface area is 189 Å². The van der Waals surface area contributed by atoms with E-state index in [0.29, 0.717) is 17.4 Å². The van der Waals surface area contributed by atoms with Gasteiger partial charge in [-0.3, -0.25) is 0 Å². The van der Waals surface area contributed by atoms with Gasteiger partial charge in [-0.15, -0.1) is 12.8 Å². The molecule has 0 spiro atoms. The number of aromatic nitrogens is 2. The van der Waals surface area contributed by atoms with E-state index in [-0.39, 0.29) is 18.7 Å². The molecule has 7 heteroatoms. The van der Waals surface area contributed by atoms with Gasteiger partial charge in [0.1, 0.15) is 5.69 Å². The first-order valence-corrected chi connectivity index (χ1v) is 10.1. The molecule has 170 valence electrons. The van der Waals surface area contributed by atoms with Gasteiger partial charge in [-0.05, 0) is 19.1 Å². The van der Waals surface area contributed by atoms with Crippen LogP contribution in [0, 0.1) is 31.6 Å². The fourth-order valence-corrected chi connectivity index (χ4v) is 4.11. The molecule has 2 aromatic carbocycles. The van der Waals surface area contributed by atoms with E-state index >= 15 is 0 Å². The molecule has 0 saturated carbocycles.